The molecule has 2 aliphatic heterocycles. The highest BCUT2D eigenvalue weighted by molar-refractivity contribution is 5.80. The van der Waals surface area contributed by atoms with Gasteiger partial charge in [-0.25, -0.2) is 0 Å². The van der Waals surface area contributed by atoms with Crippen LogP contribution in [0.2, 0.25) is 0 Å². The van der Waals surface area contributed by atoms with Crippen molar-refractivity contribution < 1.29 is 9.59 Å². The normalized spacial score (nSPS) is 20.6. The van der Waals surface area contributed by atoms with Crippen LogP contribution < -0.4 is 5.73 Å². The molecule has 0 aliphatic carbocycles. The molecule has 1 aromatic rings. The molecule has 0 atom stereocenters. The fraction of sp³-hybridized carbons (Fsp3) is 0.579. The predicted molar refractivity (Wildman–Crippen MR) is 96.7 cm³/mol. The van der Waals surface area contributed by atoms with E-state index in [1.807, 2.05) is 11.0 Å². The maximum Gasteiger partial charge on any atom is 0.236 e. The third kappa shape index (κ3) is 5.03. The van der Waals surface area contributed by atoms with Crippen molar-refractivity contribution in [3.05, 3.63) is 35.9 Å². The number of hydrogen-bond donors (Lipinski definition) is 1. The molecule has 3 rings (SSSR count). The van der Waals surface area contributed by atoms with Crippen molar-refractivity contribution in [3.63, 3.8) is 0 Å². The molecule has 6 nitrogen and oxygen atoms in total. The minimum atomic E-state index is -0.235. The van der Waals surface area contributed by atoms with Crippen LogP contribution in [0, 0.1) is 5.92 Å². The molecule has 1 aromatic carbocycles. The molecule has 0 bridgehead atoms. The third-order valence-corrected chi connectivity index (χ3v) is 5.32. The first-order chi connectivity index (χ1) is 12.1. The molecule has 0 aromatic heterocycles. The van der Waals surface area contributed by atoms with E-state index >= 15 is 0 Å². The lowest BCUT2D eigenvalue weighted by molar-refractivity contribution is -0.136. The monoisotopic (exact) mass is 344 g/mol. The van der Waals surface area contributed by atoms with E-state index in [9.17, 15) is 9.59 Å². The summed E-state index contributed by atoms with van der Waals surface area (Å²) in [6.07, 6.45) is 1.40. The van der Waals surface area contributed by atoms with Gasteiger partial charge in [0, 0.05) is 51.7 Å². The van der Waals surface area contributed by atoms with Crippen molar-refractivity contribution in [1.29, 1.82) is 0 Å². The molecule has 2 saturated heterocycles. The molecule has 2 aliphatic rings. The van der Waals surface area contributed by atoms with Crippen LogP contribution in [0.5, 0.6) is 0 Å². The summed E-state index contributed by atoms with van der Waals surface area (Å²) in [5, 5.41) is 0. The molecule has 2 N–H and O–H groups in total. The highest BCUT2D eigenvalue weighted by Crippen LogP contribution is 2.17. The average Bonchev–Trinajstić information content (AvgIpc) is 2.64. The molecular weight excluding hydrogens is 316 g/mol. The number of carbonyl (C=O) groups excluding carboxylic acids is 2. The first kappa shape index (κ1) is 17.9. The summed E-state index contributed by atoms with van der Waals surface area (Å²) in [7, 11) is 0. The van der Waals surface area contributed by atoms with Crippen molar-refractivity contribution >= 4 is 11.8 Å². The third-order valence-electron chi connectivity index (χ3n) is 5.32. The van der Waals surface area contributed by atoms with Gasteiger partial charge in [-0.1, -0.05) is 30.3 Å². The first-order valence-electron chi connectivity index (χ1n) is 9.17. The Kier molecular flexibility index (Phi) is 6.04. The predicted octanol–water partition coefficient (Wildman–Crippen LogP) is 0.528. The van der Waals surface area contributed by atoms with E-state index in [2.05, 4.69) is 34.1 Å². The van der Waals surface area contributed by atoms with E-state index < -0.39 is 0 Å². The van der Waals surface area contributed by atoms with E-state index in [-0.39, 0.29) is 17.7 Å². The van der Waals surface area contributed by atoms with E-state index in [4.69, 9.17) is 5.73 Å². The molecular formula is C19H28N4O2. The number of nitrogens with zero attached hydrogens (tertiary/aromatic N) is 3. The lowest BCUT2D eigenvalue weighted by Crippen LogP contribution is -2.51. The van der Waals surface area contributed by atoms with Gasteiger partial charge in [-0.15, -0.1) is 0 Å². The Bertz CT molecular complexity index is 576. The van der Waals surface area contributed by atoms with Gasteiger partial charge in [0.05, 0.1) is 6.54 Å². The molecule has 0 spiro atoms. The number of rotatable bonds is 5. The Morgan fingerprint density at radius 2 is 1.52 bits per heavy atom. The Balaban J connectivity index is 1.39. The molecule has 0 saturated carbocycles. The molecule has 2 heterocycles. The van der Waals surface area contributed by atoms with Gasteiger partial charge in [-0.3, -0.25) is 19.4 Å². The maximum atomic E-state index is 12.5. The topological polar surface area (TPSA) is 69.9 Å². The number of hydrogen-bond acceptors (Lipinski definition) is 4. The van der Waals surface area contributed by atoms with E-state index in [0.717, 1.165) is 32.7 Å². The van der Waals surface area contributed by atoms with Gasteiger partial charge in [0.15, 0.2) is 0 Å². The van der Waals surface area contributed by atoms with Crippen molar-refractivity contribution in [2.24, 2.45) is 11.7 Å². The number of nitrogens with two attached hydrogens (primary N) is 1. The standard InChI is InChI=1S/C19H28N4O2/c20-19(25)17-6-8-23(9-7-17)18(24)15-22-12-10-21(11-13-22)14-16-4-2-1-3-5-16/h1-5,17H,6-15H2,(H2,20,25). The number of likely N-dealkylation sites (tertiary alicyclic amines) is 1. The van der Waals surface area contributed by atoms with Crippen molar-refractivity contribution in [3.8, 4) is 0 Å². The van der Waals surface area contributed by atoms with Gasteiger partial charge in [0.1, 0.15) is 0 Å². The number of piperazine rings is 1. The second-order valence-electron chi connectivity index (χ2n) is 7.10. The molecule has 2 amide bonds. The van der Waals surface area contributed by atoms with E-state index in [1.54, 1.807) is 0 Å². The second kappa shape index (κ2) is 8.45. The summed E-state index contributed by atoms with van der Waals surface area (Å²) in [5.74, 6) is -0.119. The highest BCUT2D eigenvalue weighted by atomic mass is 16.2. The second-order valence-corrected chi connectivity index (χ2v) is 7.10. The Hall–Kier alpha value is -1.92. The fourth-order valence-electron chi connectivity index (χ4n) is 3.65. The summed E-state index contributed by atoms with van der Waals surface area (Å²) in [4.78, 5) is 30.2. The van der Waals surface area contributed by atoms with Gasteiger partial charge < -0.3 is 10.6 Å². The van der Waals surface area contributed by atoms with Crippen LogP contribution in [0.1, 0.15) is 18.4 Å². The number of carbonyl (C=O) groups is 2. The molecule has 136 valence electrons. The fourth-order valence-corrected chi connectivity index (χ4v) is 3.65. The van der Waals surface area contributed by atoms with Crippen LogP contribution in [0.3, 0.4) is 0 Å². The van der Waals surface area contributed by atoms with Crippen molar-refractivity contribution in [2.45, 2.75) is 19.4 Å². The van der Waals surface area contributed by atoms with Gasteiger partial charge in [0.25, 0.3) is 0 Å². The molecule has 2 fully saturated rings. The largest absolute Gasteiger partial charge is 0.369 e. The van der Waals surface area contributed by atoms with Crippen molar-refractivity contribution in [2.75, 3.05) is 45.8 Å². The highest BCUT2D eigenvalue weighted by Gasteiger charge is 2.27. The van der Waals surface area contributed by atoms with Crippen molar-refractivity contribution in [1.82, 2.24) is 14.7 Å². The zero-order valence-electron chi connectivity index (χ0n) is 14.8. The van der Waals surface area contributed by atoms with Crippen LogP contribution in [0.4, 0.5) is 0 Å². The van der Waals surface area contributed by atoms with E-state index in [1.165, 1.54) is 5.56 Å². The van der Waals surface area contributed by atoms with Crippen LogP contribution in [0.25, 0.3) is 0 Å². The molecule has 0 radical (unpaired) electrons. The molecule has 0 unspecified atom stereocenters. The molecule has 25 heavy (non-hydrogen) atoms. The summed E-state index contributed by atoms with van der Waals surface area (Å²) in [6, 6.07) is 10.5. The maximum absolute atomic E-state index is 12.5. The zero-order valence-corrected chi connectivity index (χ0v) is 14.8. The van der Waals surface area contributed by atoms with Crippen LogP contribution in [0.15, 0.2) is 30.3 Å². The molecule has 6 heteroatoms. The van der Waals surface area contributed by atoms with Crippen LogP contribution >= 0.6 is 0 Å². The quantitative estimate of drug-likeness (QED) is 0.846. The SMILES string of the molecule is NC(=O)C1CCN(C(=O)CN2CCN(Cc3ccccc3)CC2)CC1. The van der Waals surface area contributed by atoms with E-state index in [0.29, 0.717) is 32.5 Å². The minimum Gasteiger partial charge on any atom is -0.369 e. The van der Waals surface area contributed by atoms with Gasteiger partial charge in [-0.2, -0.15) is 0 Å². The first-order valence-corrected chi connectivity index (χ1v) is 9.17. The van der Waals surface area contributed by atoms with Crippen LogP contribution in [-0.4, -0.2) is 72.3 Å². The number of primary amides is 1. The summed E-state index contributed by atoms with van der Waals surface area (Å²) in [6.45, 7) is 6.61. The summed E-state index contributed by atoms with van der Waals surface area (Å²) < 4.78 is 0. The number of benzene rings is 1. The summed E-state index contributed by atoms with van der Waals surface area (Å²) >= 11 is 0. The lowest BCUT2D eigenvalue weighted by Gasteiger charge is -2.36. The van der Waals surface area contributed by atoms with Gasteiger partial charge >= 0.3 is 0 Å². The number of piperidine rings is 1. The van der Waals surface area contributed by atoms with Gasteiger partial charge in [0.2, 0.25) is 11.8 Å². The van der Waals surface area contributed by atoms with Gasteiger partial charge in [-0.05, 0) is 18.4 Å². The Morgan fingerprint density at radius 1 is 0.920 bits per heavy atom. The Labute approximate surface area is 149 Å². The number of amides is 2. The lowest BCUT2D eigenvalue weighted by atomic mass is 9.96. The smallest absolute Gasteiger partial charge is 0.236 e. The zero-order chi connectivity index (χ0) is 17.6. The van der Waals surface area contributed by atoms with Crippen LogP contribution in [-0.2, 0) is 16.1 Å². The minimum absolute atomic E-state index is 0.0643. The summed E-state index contributed by atoms with van der Waals surface area (Å²) in [5.41, 5.74) is 6.69. The average molecular weight is 344 g/mol. The Morgan fingerprint density at radius 3 is 2.12 bits per heavy atom.